The van der Waals surface area contributed by atoms with Gasteiger partial charge in [0.2, 0.25) is 15.9 Å². The van der Waals surface area contributed by atoms with Crippen LogP contribution in [0.25, 0.3) is 0 Å². The van der Waals surface area contributed by atoms with E-state index in [1.54, 1.807) is 6.07 Å². The summed E-state index contributed by atoms with van der Waals surface area (Å²) < 4.78 is 26.7. The second-order valence-electron chi connectivity index (χ2n) is 5.30. The van der Waals surface area contributed by atoms with Crippen LogP contribution in [0.4, 0.5) is 0 Å². The summed E-state index contributed by atoms with van der Waals surface area (Å²) in [6, 6.07) is 4.76. The van der Waals surface area contributed by atoms with Gasteiger partial charge in [0.1, 0.15) is 4.90 Å². The Labute approximate surface area is 146 Å². The number of sulfonamides is 1. The third-order valence-corrected chi connectivity index (χ3v) is 5.96. The van der Waals surface area contributed by atoms with E-state index in [0.29, 0.717) is 12.6 Å². The van der Waals surface area contributed by atoms with Gasteiger partial charge < -0.3 is 10.6 Å². The minimum Gasteiger partial charge on any atom is -0.354 e. The number of benzene rings is 1. The van der Waals surface area contributed by atoms with E-state index < -0.39 is 10.0 Å². The van der Waals surface area contributed by atoms with Crippen LogP contribution in [0.1, 0.15) is 19.3 Å². The standard InChI is InChI=1S/C14H19Cl2N3O3S/c15-11-4-1-5-12(16)14(11)23(21,22)19-8-6-13(20)18-9-10-3-2-7-17-10/h1,4-5,10,17,19H,2-3,6-9H2,(H,18,20). The van der Waals surface area contributed by atoms with Crippen LogP contribution in [0.15, 0.2) is 23.1 Å². The van der Waals surface area contributed by atoms with Crippen molar-refractivity contribution in [3.63, 3.8) is 0 Å². The summed E-state index contributed by atoms with van der Waals surface area (Å²) in [5.41, 5.74) is 0. The van der Waals surface area contributed by atoms with E-state index in [1.165, 1.54) is 12.1 Å². The maximum absolute atomic E-state index is 12.2. The summed E-state index contributed by atoms with van der Waals surface area (Å²) in [6.07, 6.45) is 2.20. The maximum Gasteiger partial charge on any atom is 0.243 e. The Balaban J connectivity index is 1.81. The lowest BCUT2D eigenvalue weighted by molar-refractivity contribution is -0.121. The lowest BCUT2D eigenvalue weighted by atomic mass is 10.2. The molecule has 23 heavy (non-hydrogen) atoms. The van der Waals surface area contributed by atoms with E-state index in [1.807, 2.05) is 0 Å². The highest BCUT2D eigenvalue weighted by molar-refractivity contribution is 7.89. The first-order valence-corrected chi connectivity index (χ1v) is 9.58. The second-order valence-corrected chi connectivity index (χ2v) is 7.81. The van der Waals surface area contributed by atoms with Crippen molar-refractivity contribution in [3.05, 3.63) is 28.2 Å². The molecule has 3 N–H and O–H groups in total. The smallest absolute Gasteiger partial charge is 0.243 e. The normalized spacial score (nSPS) is 18.1. The molecule has 1 aromatic carbocycles. The Morgan fingerprint density at radius 3 is 2.61 bits per heavy atom. The van der Waals surface area contributed by atoms with E-state index in [0.717, 1.165) is 19.4 Å². The van der Waals surface area contributed by atoms with Crippen molar-refractivity contribution in [2.24, 2.45) is 0 Å². The first-order valence-electron chi connectivity index (χ1n) is 7.34. The van der Waals surface area contributed by atoms with E-state index in [-0.39, 0.29) is 33.8 Å². The van der Waals surface area contributed by atoms with E-state index >= 15 is 0 Å². The summed E-state index contributed by atoms with van der Waals surface area (Å²) >= 11 is 11.8. The molecule has 6 nitrogen and oxygen atoms in total. The highest BCUT2D eigenvalue weighted by Gasteiger charge is 2.21. The molecule has 1 amide bonds. The predicted octanol–water partition coefficient (Wildman–Crippen LogP) is 1.53. The van der Waals surface area contributed by atoms with Gasteiger partial charge in [0.15, 0.2) is 0 Å². The molecule has 1 fully saturated rings. The molecule has 1 aliphatic heterocycles. The lowest BCUT2D eigenvalue weighted by Gasteiger charge is -2.12. The molecule has 0 aliphatic carbocycles. The summed E-state index contributed by atoms with van der Waals surface area (Å²) in [4.78, 5) is 11.6. The second kappa shape index (κ2) is 8.30. The van der Waals surface area contributed by atoms with Crippen LogP contribution >= 0.6 is 23.2 Å². The lowest BCUT2D eigenvalue weighted by Crippen LogP contribution is -2.38. The van der Waals surface area contributed by atoms with Gasteiger partial charge in [-0.2, -0.15) is 0 Å². The zero-order chi connectivity index (χ0) is 16.9. The van der Waals surface area contributed by atoms with E-state index in [2.05, 4.69) is 15.4 Å². The first-order chi connectivity index (χ1) is 10.9. The van der Waals surface area contributed by atoms with Crippen molar-refractivity contribution in [1.29, 1.82) is 0 Å². The quantitative estimate of drug-likeness (QED) is 0.670. The Kier molecular flexibility index (Phi) is 6.67. The van der Waals surface area contributed by atoms with Gasteiger partial charge in [0, 0.05) is 25.6 Å². The number of carbonyl (C=O) groups excluding carboxylic acids is 1. The number of rotatable bonds is 7. The molecule has 1 saturated heterocycles. The van der Waals surface area contributed by atoms with Crippen LogP contribution in [-0.4, -0.2) is 40.0 Å². The Hall–Kier alpha value is -0.860. The number of hydrogen-bond donors (Lipinski definition) is 3. The molecule has 2 rings (SSSR count). The maximum atomic E-state index is 12.2. The van der Waals surface area contributed by atoms with Gasteiger partial charge in [0.25, 0.3) is 0 Å². The van der Waals surface area contributed by atoms with Gasteiger partial charge in [-0.1, -0.05) is 29.3 Å². The zero-order valence-electron chi connectivity index (χ0n) is 12.4. The molecule has 128 valence electrons. The highest BCUT2D eigenvalue weighted by Crippen LogP contribution is 2.28. The summed E-state index contributed by atoms with van der Waals surface area (Å²) in [5, 5.41) is 6.14. The molecule has 0 bridgehead atoms. The highest BCUT2D eigenvalue weighted by atomic mass is 35.5. The Morgan fingerprint density at radius 2 is 2.00 bits per heavy atom. The molecule has 9 heteroatoms. The van der Waals surface area contributed by atoms with Gasteiger partial charge >= 0.3 is 0 Å². The zero-order valence-corrected chi connectivity index (χ0v) is 14.8. The average molecular weight is 380 g/mol. The molecule has 1 aliphatic rings. The van der Waals surface area contributed by atoms with Crippen LogP contribution in [0.3, 0.4) is 0 Å². The van der Waals surface area contributed by atoms with Gasteiger partial charge in [-0.3, -0.25) is 4.79 Å². The van der Waals surface area contributed by atoms with Crippen LogP contribution in [0.5, 0.6) is 0 Å². The molecule has 0 saturated carbocycles. The molecular weight excluding hydrogens is 361 g/mol. The molecule has 0 aromatic heterocycles. The van der Waals surface area contributed by atoms with E-state index in [9.17, 15) is 13.2 Å². The van der Waals surface area contributed by atoms with Gasteiger partial charge in [-0.25, -0.2) is 13.1 Å². The SMILES string of the molecule is O=C(CCNS(=O)(=O)c1c(Cl)cccc1Cl)NCC1CCCN1. The van der Waals surface area contributed by atoms with Crippen LogP contribution in [0, 0.1) is 0 Å². The molecule has 1 aromatic rings. The van der Waals surface area contributed by atoms with Crippen molar-refractivity contribution in [3.8, 4) is 0 Å². The number of nitrogens with one attached hydrogen (secondary N) is 3. The van der Waals surface area contributed by atoms with Crippen LogP contribution in [0.2, 0.25) is 10.0 Å². The number of carbonyl (C=O) groups is 1. The van der Waals surface area contributed by atoms with Gasteiger partial charge in [-0.05, 0) is 31.5 Å². The first kappa shape index (κ1) is 18.5. The average Bonchev–Trinajstić information content (AvgIpc) is 2.97. The molecule has 0 spiro atoms. The molecule has 1 atom stereocenters. The van der Waals surface area contributed by atoms with Crippen LogP contribution in [-0.2, 0) is 14.8 Å². The third-order valence-electron chi connectivity index (χ3n) is 3.54. The molecule has 1 unspecified atom stereocenters. The van der Waals surface area contributed by atoms with Gasteiger partial charge in [0.05, 0.1) is 10.0 Å². The van der Waals surface area contributed by atoms with Crippen molar-refractivity contribution < 1.29 is 13.2 Å². The minimum absolute atomic E-state index is 0.0200. The fourth-order valence-corrected chi connectivity index (χ4v) is 4.54. The summed E-state index contributed by atoms with van der Waals surface area (Å²) in [5.74, 6) is -0.202. The van der Waals surface area contributed by atoms with E-state index in [4.69, 9.17) is 23.2 Å². The molecule has 0 radical (unpaired) electrons. The Bertz CT molecular complexity index is 641. The fourth-order valence-electron chi connectivity index (χ4n) is 2.37. The minimum atomic E-state index is -3.85. The monoisotopic (exact) mass is 379 g/mol. The fraction of sp³-hybridized carbons (Fsp3) is 0.500. The predicted molar refractivity (Wildman–Crippen MR) is 90.3 cm³/mol. The molecule has 1 heterocycles. The number of halogens is 2. The number of hydrogen-bond acceptors (Lipinski definition) is 4. The van der Waals surface area contributed by atoms with Crippen molar-refractivity contribution >= 4 is 39.1 Å². The summed E-state index contributed by atoms with van der Waals surface area (Å²) in [6.45, 7) is 1.51. The topological polar surface area (TPSA) is 87.3 Å². The van der Waals surface area contributed by atoms with Crippen molar-refractivity contribution in [1.82, 2.24) is 15.4 Å². The largest absolute Gasteiger partial charge is 0.354 e. The summed E-state index contributed by atoms with van der Waals surface area (Å²) in [7, 11) is -3.85. The van der Waals surface area contributed by atoms with Crippen molar-refractivity contribution in [2.45, 2.75) is 30.2 Å². The molecular formula is C14H19Cl2N3O3S. The third kappa shape index (κ3) is 5.32. The van der Waals surface area contributed by atoms with Gasteiger partial charge in [-0.15, -0.1) is 0 Å². The van der Waals surface area contributed by atoms with Crippen molar-refractivity contribution in [2.75, 3.05) is 19.6 Å². The number of amides is 1. The van der Waals surface area contributed by atoms with Crippen LogP contribution < -0.4 is 15.4 Å². The Morgan fingerprint density at radius 1 is 1.30 bits per heavy atom.